The standard InChI is InChI=1S/C27H36F3N/c1-3-31(20-19-22-9-5-4-6-10-22)21(2)13-14-23-15-17-24(18-16-23)25-11-7-8-12-26(25)27(28,29)30/h4-6,9-10,15-18,21,25-26H,3,7-8,11-14,19-20H2,1-2H3. The Bertz CT molecular complexity index is 769. The summed E-state index contributed by atoms with van der Waals surface area (Å²) in [6.45, 7) is 6.55. The summed E-state index contributed by atoms with van der Waals surface area (Å²) >= 11 is 0. The second-order valence-corrected chi connectivity index (χ2v) is 9.03. The molecule has 2 aromatic rings. The quantitative estimate of drug-likeness (QED) is 0.400. The van der Waals surface area contributed by atoms with Crippen LogP contribution in [-0.4, -0.2) is 30.2 Å². The van der Waals surface area contributed by atoms with Gasteiger partial charge in [-0.3, -0.25) is 0 Å². The van der Waals surface area contributed by atoms with Crippen LogP contribution in [0.25, 0.3) is 0 Å². The van der Waals surface area contributed by atoms with Gasteiger partial charge >= 0.3 is 6.18 Å². The van der Waals surface area contributed by atoms with Crippen molar-refractivity contribution in [1.82, 2.24) is 4.90 Å². The van der Waals surface area contributed by atoms with Crippen molar-refractivity contribution in [3.05, 3.63) is 71.3 Å². The van der Waals surface area contributed by atoms with Gasteiger partial charge in [0.2, 0.25) is 0 Å². The lowest BCUT2D eigenvalue weighted by Crippen LogP contribution is -2.35. The minimum absolute atomic E-state index is 0.267. The fourth-order valence-electron chi connectivity index (χ4n) is 5.02. The fraction of sp³-hybridized carbons (Fsp3) is 0.556. The maximum Gasteiger partial charge on any atom is 0.392 e. The summed E-state index contributed by atoms with van der Waals surface area (Å²) in [5.74, 6) is -1.56. The summed E-state index contributed by atoms with van der Waals surface area (Å²) < 4.78 is 40.3. The molecule has 1 fully saturated rings. The average molecular weight is 432 g/mol. The highest BCUT2D eigenvalue weighted by molar-refractivity contribution is 5.27. The highest BCUT2D eigenvalue weighted by Crippen LogP contribution is 2.46. The molecule has 3 unspecified atom stereocenters. The maximum atomic E-state index is 13.4. The van der Waals surface area contributed by atoms with Crippen molar-refractivity contribution < 1.29 is 13.2 Å². The zero-order valence-electron chi connectivity index (χ0n) is 18.9. The first kappa shape index (κ1) is 23.8. The molecule has 170 valence electrons. The van der Waals surface area contributed by atoms with Crippen LogP contribution in [0.15, 0.2) is 54.6 Å². The summed E-state index contributed by atoms with van der Waals surface area (Å²) in [6.07, 6.45) is 1.46. The highest BCUT2D eigenvalue weighted by atomic mass is 19.4. The third-order valence-corrected chi connectivity index (χ3v) is 7.01. The largest absolute Gasteiger partial charge is 0.392 e. The molecule has 0 saturated heterocycles. The van der Waals surface area contributed by atoms with Crippen LogP contribution < -0.4 is 0 Å². The van der Waals surface area contributed by atoms with Crippen molar-refractivity contribution in [3.8, 4) is 0 Å². The molecule has 0 radical (unpaired) electrons. The van der Waals surface area contributed by atoms with Crippen molar-refractivity contribution in [1.29, 1.82) is 0 Å². The Morgan fingerprint density at radius 3 is 2.19 bits per heavy atom. The molecule has 2 aromatic carbocycles. The first-order valence-corrected chi connectivity index (χ1v) is 11.8. The Hall–Kier alpha value is -1.81. The van der Waals surface area contributed by atoms with Crippen LogP contribution in [0, 0.1) is 5.92 Å². The maximum absolute atomic E-state index is 13.4. The molecule has 3 atom stereocenters. The Morgan fingerprint density at radius 2 is 1.55 bits per heavy atom. The molecule has 4 heteroatoms. The van der Waals surface area contributed by atoms with Crippen molar-refractivity contribution >= 4 is 0 Å². The zero-order valence-corrected chi connectivity index (χ0v) is 18.9. The summed E-state index contributed by atoms with van der Waals surface area (Å²) in [7, 11) is 0. The topological polar surface area (TPSA) is 3.24 Å². The van der Waals surface area contributed by atoms with Gasteiger partial charge in [-0.2, -0.15) is 13.2 Å². The number of halogens is 3. The molecule has 0 N–H and O–H groups in total. The summed E-state index contributed by atoms with van der Waals surface area (Å²) in [5, 5.41) is 0. The third-order valence-electron chi connectivity index (χ3n) is 7.01. The Balaban J connectivity index is 1.53. The van der Waals surface area contributed by atoms with E-state index in [-0.39, 0.29) is 12.3 Å². The number of hydrogen-bond donors (Lipinski definition) is 0. The molecule has 0 spiro atoms. The van der Waals surface area contributed by atoms with Crippen LogP contribution in [0.2, 0.25) is 0 Å². The number of rotatable bonds is 9. The van der Waals surface area contributed by atoms with Gasteiger partial charge in [0.05, 0.1) is 5.92 Å². The summed E-state index contributed by atoms with van der Waals surface area (Å²) in [4.78, 5) is 2.51. The molecule has 0 heterocycles. The molecular formula is C27H36F3N. The van der Waals surface area contributed by atoms with E-state index in [9.17, 15) is 13.2 Å². The van der Waals surface area contributed by atoms with Crippen LogP contribution in [0.4, 0.5) is 13.2 Å². The van der Waals surface area contributed by atoms with E-state index in [1.165, 1.54) is 11.1 Å². The van der Waals surface area contributed by atoms with E-state index in [1.54, 1.807) is 0 Å². The van der Waals surface area contributed by atoms with E-state index in [1.807, 2.05) is 30.3 Å². The van der Waals surface area contributed by atoms with E-state index < -0.39 is 12.1 Å². The van der Waals surface area contributed by atoms with Crippen molar-refractivity contribution in [2.45, 2.75) is 76.9 Å². The minimum Gasteiger partial charge on any atom is -0.301 e. The Kier molecular flexibility index (Phi) is 8.59. The first-order valence-electron chi connectivity index (χ1n) is 11.8. The van der Waals surface area contributed by atoms with Crippen molar-refractivity contribution in [2.24, 2.45) is 5.92 Å². The van der Waals surface area contributed by atoms with E-state index in [4.69, 9.17) is 0 Å². The molecule has 0 bridgehead atoms. The fourth-order valence-corrected chi connectivity index (χ4v) is 5.02. The van der Waals surface area contributed by atoms with Crippen molar-refractivity contribution in [2.75, 3.05) is 13.1 Å². The predicted molar refractivity (Wildman–Crippen MR) is 122 cm³/mol. The number of aryl methyl sites for hydroxylation is 1. The molecule has 1 aliphatic carbocycles. The lowest BCUT2D eigenvalue weighted by molar-refractivity contribution is -0.187. The van der Waals surface area contributed by atoms with Gasteiger partial charge in [0.1, 0.15) is 0 Å². The lowest BCUT2D eigenvalue weighted by atomic mass is 9.75. The SMILES string of the molecule is CCN(CCc1ccccc1)C(C)CCc1ccc(C2CCCCC2C(F)(F)F)cc1. The molecule has 0 aromatic heterocycles. The number of likely N-dealkylation sites (N-methyl/N-ethyl adjacent to an activating group) is 1. The molecule has 31 heavy (non-hydrogen) atoms. The van der Waals surface area contributed by atoms with E-state index >= 15 is 0 Å². The minimum atomic E-state index is -4.09. The molecule has 1 saturated carbocycles. The van der Waals surface area contributed by atoms with Crippen LogP contribution >= 0.6 is 0 Å². The number of hydrogen-bond acceptors (Lipinski definition) is 1. The molecule has 0 amide bonds. The Morgan fingerprint density at radius 1 is 0.903 bits per heavy atom. The van der Waals surface area contributed by atoms with Gasteiger partial charge in [-0.05, 0) is 68.2 Å². The molecule has 1 nitrogen and oxygen atoms in total. The van der Waals surface area contributed by atoms with Crippen LogP contribution in [-0.2, 0) is 12.8 Å². The van der Waals surface area contributed by atoms with E-state index in [2.05, 4.69) is 43.0 Å². The summed E-state index contributed by atoms with van der Waals surface area (Å²) in [5.41, 5.74) is 3.44. The van der Waals surface area contributed by atoms with E-state index in [0.717, 1.165) is 44.3 Å². The lowest BCUT2D eigenvalue weighted by Gasteiger charge is -2.33. The number of nitrogens with zero attached hydrogens (tertiary/aromatic N) is 1. The van der Waals surface area contributed by atoms with Crippen LogP contribution in [0.3, 0.4) is 0 Å². The van der Waals surface area contributed by atoms with Gasteiger partial charge in [0, 0.05) is 12.6 Å². The normalized spacial score (nSPS) is 20.7. The van der Waals surface area contributed by atoms with Crippen LogP contribution in [0.1, 0.15) is 68.6 Å². The third kappa shape index (κ3) is 6.83. The molecule has 3 rings (SSSR count). The van der Waals surface area contributed by atoms with Crippen LogP contribution in [0.5, 0.6) is 0 Å². The summed E-state index contributed by atoms with van der Waals surface area (Å²) in [6, 6.07) is 19.0. The van der Waals surface area contributed by atoms with E-state index in [0.29, 0.717) is 18.9 Å². The van der Waals surface area contributed by atoms with Gasteiger partial charge in [0.25, 0.3) is 0 Å². The average Bonchev–Trinajstić information content (AvgIpc) is 2.78. The predicted octanol–water partition coefficient (Wildman–Crippen LogP) is 7.41. The van der Waals surface area contributed by atoms with Gasteiger partial charge in [0.15, 0.2) is 0 Å². The van der Waals surface area contributed by atoms with Crippen molar-refractivity contribution in [3.63, 3.8) is 0 Å². The Labute approximate surface area is 185 Å². The monoisotopic (exact) mass is 431 g/mol. The number of benzene rings is 2. The van der Waals surface area contributed by atoms with Gasteiger partial charge in [-0.1, -0.05) is 74.4 Å². The molecular weight excluding hydrogens is 395 g/mol. The zero-order chi connectivity index (χ0) is 22.3. The van der Waals surface area contributed by atoms with Gasteiger partial charge in [-0.25, -0.2) is 0 Å². The highest BCUT2D eigenvalue weighted by Gasteiger charge is 2.45. The second-order valence-electron chi connectivity index (χ2n) is 9.03. The number of alkyl halides is 3. The van der Waals surface area contributed by atoms with Gasteiger partial charge < -0.3 is 4.90 Å². The second kappa shape index (κ2) is 11.2. The molecule has 1 aliphatic rings. The first-order chi connectivity index (χ1) is 14.9. The molecule has 0 aliphatic heterocycles. The smallest absolute Gasteiger partial charge is 0.301 e. The van der Waals surface area contributed by atoms with Gasteiger partial charge in [-0.15, -0.1) is 0 Å².